The summed E-state index contributed by atoms with van der Waals surface area (Å²) in [6.07, 6.45) is 0. The molecule has 0 radical (unpaired) electrons. The lowest BCUT2D eigenvalue weighted by atomic mass is 10.1. The number of hydrogen-bond acceptors (Lipinski definition) is 7. The molecule has 114 valence electrons. The van der Waals surface area contributed by atoms with Crippen molar-refractivity contribution in [3.8, 4) is 5.75 Å². The number of nitro groups is 1. The molecule has 0 aromatic heterocycles. The highest BCUT2D eigenvalue weighted by molar-refractivity contribution is 5.99. The molecule has 1 atom stereocenters. The molecular formula is C12H14N2O7. The van der Waals surface area contributed by atoms with Crippen molar-refractivity contribution in [3.05, 3.63) is 33.9 Å². The Morgan fingerprint density at radius 2 is 2.10 bits per heavy atom. The molecule has 2 N–H and O–H groups in total. The van der Waals surface area contributed by atoms with Crippen LogP contribution < -0.4 is 10.1 Å². The average Bonchev–Trinajstić information content (AvgIpc) is 2.50. The van der Waals surface area contributed by atoms with Gasteiger partial charge in [0.05, 0.1) is 31.3 Å². The summed E-state index contributed by atoms with van der Waals surface area (Å²) >= 11 is 0. The van der Waals surface area contributed by atoms with Crippen LogP contribution in [0.1, 0.15) is 10.4 Å². The summed E-state index contributed by atoms with van der Waals surface area (Å²) in [5, 5.41) is 22.0. The maximum absolute atomic E-state index is 12.1. The van der Waals surface area contributed by atoms with Gasteiger partial charge < -0.3 is 19.9 Å². The van der Waals surface area contributed by atoms with Crippen LogP contribution in [0.3, 0.4) is 0 Å². The lowest BCUT2D eigenvalue weighted by Gasteiger charge is -2.15. The van der Waals surface area contributed by atoms with Crippen molar-refractivity contribution < 1.29 is 29.1 Å². The van der Waals surface area contributed by atoms with Crippen molar-refractivity contribution in [2.75, 3.05) is 20.8 Å². The second kappa shape index (κ2) is 7.20. The molecule has 9 heteroatoms. The van der Waals surface area contributed by atoms with Crippen LogP contribution in [-0.4, -0.2) is 48.8 Å². The number of aliphatic hydroxyl groups excluding tert-OH is 1. The zero-order valence-corrected chi connectivity index (χ0v) is 11.4. The number of aliphatic hydroxyl groups is 1. The van der Waals surface area contributed by atoms with Crippen LogP contribution in [0.25, 0.3) is 0 Å². The summed E-state index contributed by atoms with van der Waals surface area (Å²) in [7, 11) is 2.40. The van der Waals surface area contributed by atoms with Crippen LogP contribution in [0, 0.1) is 10.1 Å². The number of nitrogens with one attached hydrogen (secondary N) is 1. The number of hydrogen-bond donors (Lipinski definition) is 2. The number of esters is 1. The van der Waals surface area contributed by atoms with Crippen LogP contribution in [-0.2, 0) is 9.53 Å². The van der Waals surface area contributed by atoms with Crippen molar-refractivity contribution in [3.63, 3.8) is 0 Å². The van der Waals surface area contributed by atoms with Gasteiger partial charge in [0.15, 0.2) is 6.04 Å². The first-order valence-corrected chi connectivity index (χ1v) is 5.76. The Labute approximate surface area is 119 Å². The summed E-state index contributed by atoms with van der Waals surface area (Å²) in [6, 6.07) is 2.19. The first kappa shape index (κ1) is 16.4. The lowest BCUT2D eigenvalue weighted by Crippen LogP contribution is -2.44. The van der Waals surface area contributed by atoms with Crippen molar-refractivity contribution >= 4 is 17.6 Å². The average molecular weight is 298 g/mol. The Morgan fingerprint density at radius 1 is 1.43 bits per heavy atom. The number of methoxy groups -OCH3 is 2. The van der Waals surface area contributed by atoms with Crippen LogP contribution in [0.5, 0.6) is 5.75 Å². The van der Waals surface area contributed by atoms with E-state index in [-0.39, 0.29) is 17.0 Å². The normalized spacial score (nSPS) is 11.4. The van der Waals surface area contributed by atoms with E-state index in [1.54, 1.807) is 0 Å². The van der Waals surface area contributed by atoms with Gasteiger partial charge in [-0.05, 0) is 6.07 Å². The van der Waals surface area contributed by atoms with E-state index in [0.717, 1.165) is 13.2 Å². The standard InChI is InChI=1S/C12H14N2O7/c1-20-10-4-3-7(14(18)19)5-8(10)11(16)13-9(6-15)12(17)21-2/h3-5,9,15H,6H2,1-2H3,(H,13,16). The van der Waals surface area contributed by atoms with Crippen molar-refractivity contribution in [2.24, 2.45) is 0 Å². The van der Waals surface area contributed by atoms with Crippen LogP contribution in [0.2, 0.25) is 0 Å². The predicted octanol–water partition coefficient (Wildman–Crippen LogP) is -0.133. The molecule has 0 saturated heterocycles. The van der Waals surface area contributed by atoms with E-state index in [2.05, 4.69) is 10.1 Å². The number of non-ortho nitro benzene ring substituents is 1. The van der Waals surface area contributed by atoms with E-state index in [1.807, 2.05) is 0 Å². The molecule has 1 unspecified atom stereocenters. The third kappa shape index (κ3) is 3.89. The van der Waals surface area contributed by atoms with E-state index < -0.39 is 29.4 Å². The Bertz CT molecular complexity index is 559. The summed E-state index contributed by atoms with van der Waals surface area (Å²) in [5.74, 6) is -1.55. The fourth-order valence-electron chi connectivity index (χ4n) is 1.54. The van der Waals surface area contributed by atoms with Gasteiger partial charge in [0.1, 0.15) is 5.75 Å². The Hall–Kier alpha value is -2.68. The van der Waals surface area contributed by atoms with E-state index in [9.17, 15) is 19.7 Å². The van der Waals surface area contributed by atoms with Gasteiger partial charge in [-0.25, -0.2) is 4.79 Å². The SMILES string of the molecule is COC(=O)C(CO)NC(=O)c1cc([N+](=O)[O-])ccc1OC. The number of carbonyl (C=O) groups is 2. The summed E-state index contributed by atoms with van der Waals surface area (Å²) in [4.78, 5) is 33.4. The third-order valence-electron chi connectivity index (χ3n) is 2.61. The number of nitro benzene ring substituents is 1. The number of amides is 1. The topological polar surface area (TPSA) is 128 Å². The second-order valence-corrected chi connectivity index (χ2v) is 3.87. The van der Waals surface area contributed by atoms with Crippen molar-refractivity contribution in [2.45, 2.75) is 6.04 Å². The molecule has 0 heterocycles. The highest BCUT2D eigenvalue weighted by Crippen LogP contribution is 2.23. The minimum absolute atomic E-state index is 0.0969. The van der Waals surface area contributed by atoms with Gasteiger partial charge in [-0.3, -0.25) is 14.9 Å². The number of ether oxygens (including phenoxy) is 2. The predicted molar refractivity (Wildman–Crippen MR) is 70.0 cm³/mol. The Balaban J connectivity index is 3.07. The van der Waals surface area contributed by atoms with Gasteiger partial charge in [-0.1, -0.05) is 0 Å². The van der Waals surface area contributed by atoms with Crippen LogP contribution in [0.15, 0.2) is 18.2 Å². The fourth-order valence-corrected chi connectivity index (χ4v) is 1.54. The van der Waals surface area contributed by atoms with Gasteiger partial charge in [0.25, 0.3) is 11.6 Å². The Kier molecular flexibility index (Phi) is 5.61. The maximum Gasteiger partial charge on any atom is 0.330 e. The summed E-state index contributed by atoms with van der Waals surface area (Å²) < 4.78 is 9.35. The molecule has 9 nitrogen and oxygen atoms in total. The number of rotatable bonds is 6. The van der Waals surface area contributed by atoms with Crippen LogP contribution in [0.4, 0.5) is 5.69 Å². The van der Waals surface area contributed by atoms with E-state index >= 15 is 0 Å². The highest BCUT2D eigenvalue weighted by atomic mass is 16.6. The van der Waals surface area contributed by atoms with Gasteiger partial charge in [0, 0.05) is 12.1 Å². The molecule has 1 amide bonds. The quantitative estimate of drug-likeness (QED) is 0.425. The molecule has 1 aromatic carbocycles. The molecule has 0 aliphatic rings. The molecule has 1 rings (SSSR count). The van der Waals surface area contributed by atoms with Gasteiger partial charge in [-0.15, -0.1) is 0 Å². The summed E-state index contributed by atoms with van der Waals surface area (Å²) in [6.45, 7) is -0.671. The van der Waals surface area contributed by atoms with E-state index in [0.29, 0.717) is 0 Å². The number of nitrogens with zero attached hydrogens (tertiary/aromatic N) is 1. The van der Waals surface area contributed by atoms with E-state index in [4.69, 9.17) is 9.84 Å². The minimum Gasteiger partial charge on any atom is -0.496 e. The second-order valence-electron chi connectivity index (χ2n) is 3.87. The van der Waals surface area contributed by atoms with Gasteiger partial charge in [-0.2, -0.15) is 0 Å². The van der Waals surface area contributed by atoms with Gasteiger partial charge in [0.2, 0.25) is 0 Å². The first-order chi connectivity index (χ1) is 9.94. The van der Waals surface area contributed by atoms with Crippen molar-refractivity contribution in [1.29, 1.82) is 0 Å². The minimum atomic E-state index is -1.27. The molecule has 1 aromatic rings. The zero-order valence-electron chi connectivity index (χ0n) is 11.4. The maximum atomic E-state index is 12.1. The summed E-state index contributed by atoms with van der Waals surface area (Å²) in [5.41, 5.74) is -0.436. The molecule has 0 fully saturated rings. The molecule has 0 bridgehead atoms. The Morgan fingerprint density at radius 3 is 2.57 bits per heavy atom. The molecule has 0 saturated carbocycles. The molecular weight excluding hydrogens is 284 g/mol. The molecule has 0 spiro atoms. The van der Waals surface area contributed by atoms with E-state index in [1.165, 1.54) is 19.2 Å². The monoisotopic (exact) mass is 298 g/mol. The zero-order chi connectivity index (χ0) is 16.0. The van der Waals surface area contributed by atoms with Crippen molar-refractivity contribution in [1.82, 2.24) is 5.32 Å². The number of benzene rings is 1. The largest absolute Gasteiger partial charge is 0.496 e. The smallest absolute Gasteiger partial charge is 0.330 e. The molecule has 0 aliphatic heterocycles. The lowest BCUT2D eigenvalue weighted by molar-refractivity contribution is -0.384. The molecule has 0 aliphatic carbocycles. The molecule has 21 heavy (non-hydrogen) atoms. The fraction of sp³-hybridized carbons (Fsp3) is 0.333. The number of carbonyl (C=O) groups excluding carboxylic acids is 2. The third-order valence-corrected chi connectivity index (χ3v) is 2.61. The first-order valence-electron chi connectivity index (χ1n) is 5.76. The van der Waals surface area contributed by atoms with Gasteiger partial charge >= 0.3 is 5.97 Å². The van der Waals surface area contributed by atoms with Crippen LogP contribution >= 0.6 is 0 Å². The highest BCUT2D eigenvalue weighted by Gasteiger charge is 2.24.